The number of rotatable bonds is 9. The largest absolute Gasteiger partial charge is 0.497 e. The number of fused-ring (bicyclic) bond motifs is 1. The first-order chi connectivity index (χ1) is 15.1. The number of amides is 1. The average molecular weight is 493 g/mol. The summed E-state index contributed by atoms with van der Waals surface area (Å²) in [5.41, 5.74) is 0.826. The molecule has 1 amide bonds. The first-order valence-corrected chi connectivity index (χ1v) is 10.9. The molecule has 0 bridgehead atoms. The first kappa shape index (κ1) is 23.8. The van der Waals surface area contributed by atoms with Crippen LogP contribution in [0.15, 0.2) is 61.2 Å². The van der Waals surface area contributed by atoms with Crippen molar-refractivity contribution >= 4 is 56.6 Å². The molecule has 2 heterocycles. The van der Waals surface area contributed by atoms with Gasteiger partial charge in [0.25, 0.3) is 5.91 Å². The molecule has 0 aliphatic carbocycles. The van der Waals surface area contributed by atoms with Gasteiger partial charge in [-0.15, -0.1) is 12.4 Å². The zero-order chi connectivity index (χ0) is 21.6. The molecule has 7 nitrogen and oxygen atoms in total. The van der Waals surface area contributed by atoms with E-state index in [0.29, 0.717) is 22.4 Å². The van der Waals surface area contributed by atoms with Crippen LogP contribution in [0.3, 0.4) is 0 Å². The summed E-state index contributed by atoms with van der Waals surface area (Å²) in [5, 5.41) is 1.25. The molecule has 0 fully saturated rings. The molecule has 2 aromatic carbocycles. The predicted octanol–water partition coefficient (Wildman–Crippen LogP) is 5.08. The minimum absolute atomic E-state index is 0. The molecule has 2 aromatic heterocycles. The number of methoxy groups -OCH3 is 1. The van der Waals surface area contributed by atoms with Crippen LogP contribution >= 0.6 is 35.3 Å². The van der Waals surface area contributed by atoms with Crippen LogP contribution in [0.25, 0.3) is 10.2 Å². The number of ether oxygens (including phenoxy) is 2. The van der Waals surface area contributed by atoms with Gasteiger partial charge in [-0.25, -0.2) is 9.97 Å². The van der Waals surface area contributed by atoms with Crippen molar-refractivity contribution in [1.29, 1.82) is 0 Å². The molecule has 32 heavy (non-hydrogen) atoms. The standard InChI is InChI=1S/C22H21ClN4O3S.ClH/c1-29-18-7-8-19-20(13-18)31-22(25-19)27(11-2-10-26-12-9-24-15-26)21(28)14-30-17-5-3-16(23)4-6-17;/h3-9,12-13,15H,2,10-11,14H2,1H3;1H. The molecule has 4 aromatic rings. The summed E-state index contributed by atoms with van der Waals surface area (Å²) >= 11 is 7.37. The van der Waals surface area contributed by atoms with E-state index < -0.39 is 0 Å². The van der Waals surface area contributed by atoms with Crippen molar-refractivity contribution in [3.63, 3.8) is 0 Å². The third-order valence-electron chi connectivity index (χ3n) is 4.65. The molecular formula is C22H22Cl2N4O3S. The molecule has 0 atom stereocenters. The van der Waals surface area contributed by atoms with E-state index in [0.717, 1.165) is 28.9 Å². The first-order valence-electron chi connectivity index (χ1n) is 9.71. The van der Waals surface area contributed by atoms with Gasteiger partial charge in [0.2, 0.25) is 0 Å². The summed E-state index contributed by atoms with van der Waals surface area (Å²) in [6.07, 6.45) is 6.16. The Kier molecular flexibility index (Phi) is 8.33. The second kappa shape index (κ2) is 11.2. The zero-order valence-electron chi connectivity index (χ0n) is 17.3. The number of thiazole rings is 1. The van der Waals surface area contributed by atoms with E-state index in [1.165, 1.54) is 11.3 Å². The maximum absolute atomic E-state index is 13.1. The second-order valence-corrected chi connectivity index (χ2v) is 8.22. The molecule has 0 unspecified atom stereocenters. The highest BCUT2D eigenvalue weighted by molar-refractivity contribution is 7.22. The van der Waals surface area contributed by atoms with E-state index in [9.17, 15) is 4.79 Å². The number of benzene rings is 2. The molecule has 4 rings (SSSR count). The van der Waals surface area contributed by atoms with Gasteiger partial charge in [0.15, 0.2) is 11.7 Å². The van der Waals surface area contributed by atoms with Crippen LogP contribution in [0.2, 0.25) is 5.02 Å². The molecule has 0 N–H and O–H groups in total. The molecule has 0 radical (unpaired) electrons. The fourth-order valence-corrected chi connectivity index (χ4v) is 4.21. The fourth-order valence-electron chi connectivity index (χ4n) is 3.05. The van der Waals surface area contributed by atoms with E-state index in [4.69, 9.17) is 21.1 Å². The molecule has 0 spiro atoms. The van der Waals surface area contributed by atoms with E-state index in [2.05, 4.69) is 9.97 Å². The van der Waals surface area contributed by atoms with Crippen LogP contribution < -0.4 is 14.4 Å². The summed E-state index contributed by atoms with van der Waals surface area (Å²) in [6, 6.07) is 12.6. The lowest BCUT2D eigenvalue weighted by molar-refractivity contribution is -0.120. The maximum Gasteiger partial charge on any atom is 0.266 e. The number of halogens is 2. The van der Waals surface area contributed by atoms with E-state index in [-0.39, 0.29) is 24.9 Å². The van der Waals surface area contributed by atoms with E-state index in [1.54, 1.807) is 48.8 Å². The van der Waals surface area contributed by atoms with Crippen LogP contribution in [0.5, 0.6) is 11.5 Å². The number of hydrogen-bond acceptors (Lipinski definition) is 6. The topological polar surface area (TPSA) is 69.5 Å². The summed E-state index contributed by atoms with van der Waals surface area (Å²) < 4.78 is 13.9. The summed E-state index contributed by atoms with van der Waals surface area (Å²) in [6.45, 7) is 1.17. The van der Waals surface area contributed by atoms with E-state index in [1.807, 2.05) is 29.0 Å². The Balaban J connectivity index is 0.00000289. The van der Waals surface area contributed by atoms with Crippen molar-refractivity contribution in [1.82, 2.24) is 14.5 Å². The van der Waals surface area contributed by atoms with Gasteiger partial charge < -0.3 is 14.0 Å². The lowest BCUT2D eigenvalue weighted by Crippen LogP contribution is -2.36. The Morgan fingerprint density at radius 2 is 1.97 bits per heavy atom. The molecule has 10 heteroatoms. The number of aromatic nitrogens is 3. The highest BCUT2D eigenvalue weighted by Crippen LogP contribution is 2.31. The predicted molar refractivity (Wildman–Crippen MR) is 130 cm³/mol. The number of imidazole rings is 1. The van der Waals surface area contributed by atoms with Crippen molar-refractivity contribution < 1.29 is 14.3 Å². The van der Waals surface area contributed by atoms with Gasteiger partial charge in [-0.1, -0.05) is 22.9 Å². The normalized spacial score (nSPS) is 10.6. The molecular weight excluding hydrogens is 471 g/mol. The molecule has 0 saturated heterocycles. The van der Waals surface area contributed by atoms with Crippen molar-refractivity contribution in [2.45, 2.75) is 13.0 Å². The minimum atomic E-state index is -0.161. The molecule has 168 valence electrons. The second-order valence-electron chi connectivity index (χ2n) is 6.77. The van der Waals surface area contributed by atoms with Gasteiger partial charge in [0, 0.05) is 30.5 Å². The lowest BCUT2D eigenvalue weighted by Gasteiger charge is -2.20. The number of nitrogens with zero attached hydrogens (tertiary/aromatic N) is 4. The van der Waals surface area contributed by atoms with Crippen LogP contribution in [0.1, 0.15) is 6.42 Å². The zero-order valence-corrected chi connectivity index (χ0v) is 19.7. The molecule has 0 saturated carbocycles. The van der Waals surface area contributed by atoms with Crippen molar-refractivity contribution in [2.24, 2.45) is 0 Å². The van der Waals surface area contributed by atoms with Crippen LogP contribution in [-0.2, 0) is 11.3 Å². The lowest BCUT2D eigenvalue weighted by atomic mass is 10.3. The fraction of sp³-hybridized carbons (Fsp3) is 0.227. The smallest absolute Gasteiger partial charge is 0.266 e. The van der Waals surface area contributed by atoms with Crippen LogP contribution in [0.4, 0.5) is 5.13 Å². The number of carbonyl (C=O) groups excluding carboxylic acids is 1. The Labute approximate surface area is 201 Å². The van der Waals surface area contributed by atoms with Gasteiger partial charge in [-0.2, -0.15) is 0 Å². The molecule has 0 aliphatic heterocycles. The summed E-state index contributed by atoms with van der Waals surface area (Å²) in [5.74, 6) is 1.18. The highest BCUT2D eigenvalue weighted by Gasteiger charge is 2.20. The van der Waals surface area contributed by atoms with E-state index >= 15 is 0 Å². The monoisotopic (exact) mass is 492 g/mol. The number of anilines is 1. The van der Waals surface area contributed by atoms with Gasteiger partial charge in [-0.05, 0) is 48.9 Å². The van der Waals surface area contributed by atoms with Crippen molar-refractivity contribution in [3.8, 4) is 11.5 Å². The Morgan fingerprint density at radius 1 is 1.19 bits per heavy atom. The van der Waals surface area contributed by atoms with Gasteiger partial charge >= 0.3 is 0 Å². The highest BCUT2D eigenvalue weighted by atomic mass is 35.5. The average Bonchev–Trinajstić information content (AvgIpc) is 3.45. The Morgan fingerprint density at radius 3 is 2.69 bits per heavy atom. The van der Waals surface area contributed by atoms with Crippen molar-refractivity contribution in [2.75, 3.05) is 25.2 Å². The maximum atomic E-state index is 13.1. The quantitative estimate of drug-likeness (QED) is 0.325. The van der Waals surface area contributed by atoms with Crippen LogP contribution in [-0.4, -0.2) is 40.7 Å². The Hall–Kier alpha value is -2.81. The Bertz CT molecular complexity index is 1150. The van der Waals surface area contributed by atoms with Crippen molar-refractivity contribution in [3.05, 3.63) is 66.2 Å². The molecule has 0 aliphatic rings. The van der Waals surface area contributed by atoms with Gasteiger partial charge in [0.1, 0.15) is 11.5 Å². The summed E-state index contributed by atoms with van der Waals surface area (Å²) in [4.78, 5) is 23.5. The summed E-state index contributed by atoms with van der Waals surface area (Å²) in [7, 11) is 1.63. The SMILES string of the molecule is COc1ccc2nc(N(CCCn3ccnc3)C(=O)COc3ccc(Cl)cc3)sc2c1.Cl. The number of aryl methyl sites for hydroxylation is 1. The number of hydrogen-bond donors (Lipinski definition) is 0. The van der Waals surface area contributed by atoms with Gasteiger partial charge in [0.05, 0.1) is 23.7 Å². The van der Waals surface area contributed by atoms with Crippen LogP contribution in [0, 0.1) is 0 Å². The third kappa shape index (κ3) is 5.91. The number of carbonyl (C=O) groups is 1. The minimum Gasteiger partial charge on any atom is -0.497 e. The third-order valence-corrected chi connectivity index (χ3v) is 5.94. The van der Waals surface area contributed by atoms with Gasteiger partial charge in [-0.3, -0.25) is 9.69 Å².